The number of nitrogens with zero attached hydrogens (tertiary/aromatic N) is 2. The number of para-hydroxylation sites is 1. The largest absolute Gasteiger partial charge is 0.312 e. The third kappa shape index (κ3) is 4.63. The van der Waals surface area contributed by atoms with E-state index in [9.17, 15) is 8.42 Å². The second-order valence-corrected chi connectivity index (χ2v) is 8.07. The van der Waals surface area contributed by atoms with Crippen LogP contribution >= 0.6 is 0 Å². The number of aryl methyl sites for hydroxylation is 1. The number of nitrogens with one attached hydrogen (secondary N) is 1. The standard InChI is InChI=1S/C20H24N4O2S/c1-15-20(16(2)24(23-15)18-6-4-3-5-7-18)14-22-13-12-17-8-10-19(11-9-17)27(21,25)26/h3-11,22H,12-14H2,1-2H3,(H2,21,25,26). The summed E-state index contributed by atoms with van der Waals surface area (Å²) >= 11 is 0. The van der Waals surface area contributed by atoms with Gasteiger partial charge in [-0.05, 0) is 56.6 Å². The fraction of sp³-hybridized carbons (Fsp3) is 0.250. The number of aromatic nitrogens is 2. The molecule has 3 N–H and O–H groups in total. The minimum Gasteiger partial charge on any atom is -0.312 e. The number of sulfonamides is 1. The number of nitrogens with two attached hydrogens (primary N) is 1. The van der Waals surface area contributed by atoms with E-state index in [-0.39, 0.29) is 4.90 Å². The van der Waals surface area contributed by atoms with Gasteiger partial charge in [0.2, 0.25) is 10.0 Å². The first-order valence-corrected chi connectivity index (χ1v) is 10.3. The molecule has 0 aliphatic heterocycles. The molecule has 3 rings (SSSR count). The summed E-state index contributed by atoms with van der Waals surface area (Å²) < 4.78 is 24.5. The predicted octanol–water partition coefficient (Wildman–Crippen LogP) is 2.47. The van der Waals surface area contributed by atoms with E-state index in [1.165, 1.54) is 5.56 Å². The molecule has 0 fully saturated rings. The van der Waals surface area contributed by atoms with Crippen molar-refractivity contribution in [1.29, 1.82) is 0 Å². The van der Waals surface area contributed by atoms with Crippen LogP contribution in [0.3, 0.4) is 0 Å². The van der Waals surface area contributed by atoms with Crippen LogP contribution < -0.4 is 10.5 Å². The van der Waals surface area contributed by atoms with Crippen LogP contribution in [0, 0.1) is 13.8 Å². The summed E-state index contributed by atoms with van der Waals surface area (Å²) in [6.45, 7) is 5.62. The van der Waals surface area contributed by atoms with E-state index in [1.807, 2.05) is 41.9 Å². The summed E-state index contributed by atoms with van der Waals surface area (Å²) in [4.78, 5) is 0.138. The molecule has 0 saturated heterocycles. The zero-order chi connectivity index (χ0) is 19.4. The van der Waals surface area contributed by atoms with E-state index < -0.39 is 10.0 Å². The van der Waals surface area contributed by atoms with Crippen LogP contribution in [0.2, 0.25) is 0 Å². The number of primary sulfonamides is 1. The van der Waals surface area contributed by atoms with E-state index in [0.717, 1.165) is 42.1 Å². The Morgan fingerprint density at radius 1 is 1.04 bits per heavy atom. The number of hydrogen-bond donors (Lipinski definition) is 2. The molecule has 142 valence electrons. The summed E-state index contributed by atoms with van der Waals surface area (Å²) in [7, 11) is -3.64. The summed E-state index contributed by atoms with van der Waals surface area (Å²) in [6.07, 6.45) is 0.801. The van der Waals surface area contributed by atoms with Crippen molar-refractivity contribution in [3.8, 4) is 5.69 Å². The minimum atomic E-state index is -3.64. The number of benzene rings is 2. The normalized spacial score (nSPS) is 11.7. The first-order valence-electron chi connectivity index (χ1n) is 8.79. The minimum absolute atomic E-state index is 0.138. The first kappa shape index (κ1) is 19.3. The van der Waals surface area contributed by atoms with E-state index >= 15 is 0 Å². The van der Waals surface area contributed by atoms with E-state index in [0.29, 0.717) is 0 Å². The Morgan fingerprint density at radius 2 is 1.70 bits per heavy atom. The van der Waals surface area contributed by atoms with Crippen molar-refractivity contribution >= 4 is 10.0 Å². The van der Waals surface area contributed by atoms with Crippen LogP contribution in [-0.4, -0.2) is 24.7 Å². The maximum Gasteiger partial charge on any atom is 0.238 e. The van der Waals surface area contributed by atoms with Gasteiger partial charge in [-0.2, -0.15) is 5.10 Å². The van der Waals surface area contributed by atoms with Crippen molar-refractivity contribution in [3.63, 3.8) is 0 Å². The van der Waals surface area contributed by atoms with Crippen LogP contribution in [0.25, 0.3) is 5.69 Å². The third-order valence-corrected chi connectivity index (χ3v) is 5.52. The molecule has 2 aromatic carbocycles. The van der Waals surface area contributed by atoms with Gasteiger partial charge >= 0.3 is 0 Å². The molecule has 0 radical (unpaired) electrons. The molecular formula is C20H24N4O2S. The molecule has 0 aliphatic rings. The van der Waals surface area contributed by atoms with E-state index in [2.05, 4.69) is 17.3 Å². The van der Waals surface area contributed by atoms with Crippen molar-refractivity contribution in [1.82, 2.24) is 15.1 Å². The van der Waals surface area contributed by atoms with Crippen LogP contribution in [0.4, 0.5) is 0 Å². The topological polar surface area (TPSA) is 90.0 Å². The lowest BCUT2D eigenvalue weighted by Gasteiger charge is -2.07. The van der Waals surface area contributed by atoms with Crippen molar-refractivity contribution in [2.75, 3.05) is 6.54 Å². The summed E-state index contributed by atoms with van der Waals surface area (Å²) in [5, 5.41) is 13.2. The lowest BCUT2D eigenvalue weighted by molar-refractivity contribution is 0.597. The molecule has 0 spiro atoms. The van der Waals surface area contributed by atoms with Crippen LogP contribution in [0.5, 0.6) is 0 Å². The van der Waals surface area contributed by atoms with Gasteiger partial charge in [-0.3, -0.25) is 0 Å². The first-order chi connectivity index (χ1) is 12.9. The second kappa shape index (κ2) is 8.04. The van der Waals surface area contributed by atoms with E-state index in [4.69, 9.17) is 5.14 Å². The van der Waals surface area contributed by atoms with Crippen molar-refractivity contribution < 1.29 is 8.42 Å². The highest BCUT2D eigenvalue weighted by molar-refractivity contribution is 7.89. The van der Waals surface area contributed by atoms with Gasteiger partial charge in [0.25, 0.3) is 0 Å². The van der Waals surface area contributed by atoms with Gasteiger partial charge in [0.05, 0.1) is 16.3 Å². The maximum atomic E-state index is 11.3. The molecule has 0 bridgehead atoms. The Balaban J connectivity index is 1.59. The molecule has 6 nitrogen and oxygen atoms in total. The van der Waals surface area contributed by atoms with Crippen molar-refractivity contribution in [2.24, 2.45) is 5.14 Å². The summed E-state index contributed by atoms with van der Waals surface area (Å²) in [5.41, 5.74) is 5.45. The summed E-state index contributed by atoms with van der Waals surface area (Å²) in [6, 6.07) is 16.8. The highest BCUT2D eigenvalue weighted by Crippen LogP contribution is 2.17. The second-order valence-electron chi connectivity index (χ2n) is 6.51. The van der Waals surface area contributed by atoms with Gasteiger partial charge in [-0.1, -0.05) is 30.3 Å². The van der Waals surface area contributed by atoms with Crippen LogP contribution in [0.1, 0.15) is 22.5 Å². The lowest BCUT2D eigenvalue weighted by Crippen LogP contribution is -2.18. The Morgan fingerprint density at radius 3 is 2.33 bits per heavy atom. The van der Waals surface area contributed by atoms with Gasteiger partial charge in [-0.25, -0.2) is 18.2 Å². The highest BCUT2D eigenvalue weighted by Gasteiger charge is 2.12. The summed E-state index contributed by atoms with van der Waals surface area (Å²) in [5.74, 6) is 0. The molecule has 0 aliphatic carbocycles. The lowest BCUT2D eigenvalue weighted by atomic mass is 10.1. The highest BCUT2D eigenvalue weighted by atomic mass is 32.2. The zero-order valence-corrected chi connectivity index (χ0v) is 16.3. The van der Waals surface area contributed by atoms with Gasteiger partial charge in [0.15, 0.2) is 0 Å². The Hall–Kier alpha value is -2.48. The van der Waals surface area contributed by atoms with Crippen molar-refractivity contribution in [2.45, 2.75) is 31.7 Å². The van der Waals surface area contributed by atoms with Crippen LogP contribution in [0.15, 0.2) is 59.5 Å². The fourth-order valence-electron chi connectivity index (χ4n) is 3.04. The molecule has 0 saturated carbocycles. The van der Waals surface area contributed by atoms with Crippen LogP contribution in [-0.2, 0) is 23.0 Å². The Labute approximate surface area is 160 Å². The third-order valence-electron chi connectivity index (χ3n) is 4.59. The molecule has 0 atom stereocenters. The molecule has 3 aromatic rings. The smallest absolute Gasteiger partial charge is 0.238 e. The van der Waals surface area contributed by atoms with Gasteiger partial charge in [-0.15, -0.1) is 0 Å². The predicted molar refractivity (Wildman–Crippen MR) is 106 cm³/mol. The molecule has 27 heavy (non-hydrogen) atoms. The molecule has 7 heteroatoms. The Kier molecular flexibility index (Phi) is 5.74. The molecule has 0 amide bonds. The van der Waals surface area contributed by atoms with E-state index in [1.54, 1.807) is 24.3 Å². The fourth-order valence-corrected chi connectivity index (χ4v) is 3.56. The van der Waals surface area contributed by atoms with Gasteiger partial charge < -0.3 is 5.32 Å². The molecule has 0 unspecified atom stereocenters. The number of hydrogen-bond acceptors (Lipinski definition) is 4. The van der Waals surface area contributed by atoms with Gasteiger partial charge in [0, 0.05) is 17.8 Å². The molecule has 1 aromatic heterocycles. The maximum absolute atomic E-state index is 11.3. The monoisotopic (exact) mass is 384 g/mol. The SMILES string of the molecule is Cc1nn(-c2ccccc2)c(C)c1CNCCc1ccc(S(N)(=O)=O)cc1. The average Bonchev–Trinajstić information content (AvgIpc) is 2.93. The average molecular weight is 385 g/mol. The van der Waals surface area contributed by atoms with Crippen molar-refractivity contribution in [3.05, 3.63) is 77.1 Å². The Bertz CT molecular complexity index is 1010. The number of rotatable bonds is 7. The van der Waals surface area contributed by atoms with Gasteiger partial charge in [0.1, 0.15) is 0 Å². The molecule has 1 heterocycles. The molecular weight excluding hydrogens is 360 g/mol. The zero-order valence-electron chi connectivity index (χ0n) is 15.5. The quantitative estimate of drug-likeness (QED) is 0.612.